The molecule has 1 atom stereocenters. The molecule has 0 saturated carbocycles. The number of fused-ring (bicyclic) bond motifs is 1. The third-order valence-electron chi connectivity index (χ3n) is 3.95. The highest BCUT2D eigenvalue weighted by atomic mass is 16.5. The molecule has 0 aliphatic carbocycles. The van der Waals surface area contributed by atoms with E-state index in [4.69, 9.17) is 13.8 Å². The van der Waals surface area contributed by atoms with Crippen LogP contribution in [0.4, 0.5) is 5.82 Å². The molecule has 24 heavy (non-hydrogen) atoms. The van der Waals surface area contributed by atoms with Crippen molar-refractivity contribution in [3.63, 3.8) is 0 Å². The zero-order valence-corrected chi connectivity index (χ0v) is 13.6. The molecule has 4 heterocycles. The first kappa shape index (κ1) is 15.0. The van der Waals surface area contributed by atoms with Crippen LogP contribution in [0.3, 0.4) is 0 Å². The first-order valence-electron chi connectivity index (χ1n) is 7.99. The van der Waals surface area contributed by atoms with Crippen LogP contribution in [-0.4, -0.2) is 38.4 Å². The maximum Gasteiger partial charge on any atom is 0.263 e. The van der Waals surface area contributed by atoms with Gasteiger partial charge in [-0.1, -0.05) is 10.3 Å². The summed E-state index contributed by atoms with van der Waals surface area (Å²) in [7, 11) is 0. The quantitative estimate of drug-likeness (QED) is 0.751. The van der Waals surface area contributed by atoms with Crippen LogP contribution in [0, 0.1) is 13.8 Å². The third kappa shape index (κ3) is 2.82. The fourth-order valence-corrected chi connectivity index (χ4v) is 2.79. The molecule has 1 fully saturated rings. The van der Waals surface area contributed by atoms with Crippen molar-refractivity contribution in [1.82, 2.24) is 25.3 Å². The summed E-state index contributed by atoms with van der Waals surface area (Å²) in [6.45, 7) is 5.05. The van der Waals surface area contributed by atoms with Gasteiger partial charge in [0.15, 0.2) is 5.82 Å². The Morgan fingerprint density at radius 2 is 2.04 bits per heavy atom. The van der Waals surface area contributed by atoms with Gasteiger partial charge in [-0.15, -0.1) is 0 Å². The van der Waals surface area contributed by atoms with Crippen LogP contribution in [0.5, 0.6) is 0 Å². The average Bonchev–Trinajstić information content (AvgIpc) is 3.28. The van der Waals surface area contributed by atoms with E-state index in [-0.39, 0.29) is 6.10 Å². The minimum atomic E-state index is -0.0528. The largest absolute Gasteiger partial charge is 0.369 e. The van der Waals surface area contributed by atoms with Crippen LogP contribution >= 0.6 is 0 Å². The molecule has 1 aliphatic heterocycles. The molecule has 0 bridgehead atoms. The molecule has 1 saturated heterocycles. The highest BCUT2D eigenvalue weighted by Gasteiger charge is 2.23. The van der Waals surface area contributed by atoms with Gasteiger partial charge in [0.1, 0.15) is 23.1 Å². The fourth-order valence-electron chi connectivity index (χ4n) is 2.79. The molecule has 1 N–H and O–H groups in total. The van der Waals surface area contributed by atoms with Crippen molar-refractivity contribution in [2.75, 3.05) is 18.5 Å². The van der Waals surface area contributed by atoms with E-state index in [1.807, 2.05) is 13.8 Å². The predicted octanol–water partition coefficient (Wildman–Crippen LogP) is 2.12. The van der Waals surface area contributed by atoms with Gasteiger partial charge in [-0.25, -0.2) is 4.98 Å². The Morgan fingerprint density at radius 3 is 2.88 bits per heavy atom. The number of aryl methyl sites for hydroxylation is 2. The second-order valence-electron chi connectivity index (χ2n) is 5.79. The predicted molar refractivity (Wildman–Crippen MR) is 83.5 cm³/mol. The molecule has 126 valence electrons. The van der Waals surface area contributed by atoms with Gasteiger partial charge in [0.2, 0.25) is 0 Å². The molecule has 0 amide bonds. The van der Waals surface area contributed by atoms with Gasteiger partial charge in [0, 0.05) is 19.6 Å². The lowest BCUT2D eigenvalue weighted by molar-refractivity contribution is 0.0835. The van der Waals surface area contributed by atoms with E-state index in [1.54, 1.807) is 0 Å². The zero-order valence-electron chi connectivity index (χ0n) is 13.6. The molecule has 0 radical (unpaired) electrons. The molecule has 9 heteroatoms. The smallest absolute Gasteiger partial charge is 0.263 e. The third-order valence-corrected chi connectivity index (χ3v) is 3.95. The summed E-state index contributed by atoms with van der Waals surface area (Å²) in [4.78, 5) is 13.1. The van der Waals surface area contributed by atoms with Gasteiger partial charge >= 0.3 is 0 Å². The molecular weight excluding hydrogens is 312 g/mol. The summed E-state index contributed by atoms with van der Waals surface area (Å²) in [5, 5.41) is 12.0. The van der Waals surface area contributed by atoms with E-state index in [0.717, 1.165) is 30.5 Å². The average molecular weight is 330 g/mol. The van der Waals surface area contributed by atoms with E-state index in [9.17, 15) is 0 Å². The first-order valence-corrected chi connectivity index (χ1v) is 7.99. The van der Waals surface area contributed by atoms with Gasteiger partial charge in [-0.2, -0.15) is 9.97 Å². The second kappa shape index (κ2) is 6.16. The molecule has 9 nitrogen and oxygen atoms in total. The number of ether oxygens (including phenoxy) is 1. The topological polar surface area (TPSA) is 112 Å². The molecule has 0 aromatic carbocycles. The highest BCUT2D eigenvalue weighted by molar-refractivity contribution is 5.87. The lowest BCUT2D eigenvalue weighted by atomic mass is 10.2. The minimum absolute atomic E-state index is 0.0528. The van der Waals surface area contributed by atoms with E-state index < -0.39 is 0 Å². The molecule has 0 unspecified atom stereocenters. The van der Waals surface area contributed by atoms with Gasteiger partial charge < -0.3 is 19.1 Å². The van der Waals surface area contributed by atoms with Crippen LogP contribution in [0.15, 0.2) is 9.05 Å². The van der Waals surface area contributed by atoms with Crippen molar-refractivity contribution in [2.45, 2.75) is 39.2 Å². The number of aromatic nitrogens is 5. The fraction of sp³-hybridized carbons (Fsp3) is 0.533. The summed E-state index contributed by atoms with van der Waals surface area (Å²) < 4.78 is 16.0. The molecule has 3 aromatic rings. The van der Waals surface area contributed by atoms with Gasteiger partial charge in [0.05, 0.1) is 5.69 Å². The summed E-state index contributed by atoms with van der Waals surface area (Å²) >= 11 is 0. The summed E-state index contributed by atoms with van der Waals surface area (Å²) in [6, 6.07) is 0. The van der Waals surface area contributed by atoms with E-state index in [2.05, 4.69) is 30.6 Å². The highest BCUT2D eigenvalue weighted by Crippen LogP contribution is 2.27. The van der Waals surface area contributed by atoms with Crippen LogP contribution < -0.4 is 5.32 Å². The number of hydrogen-bond donors (Lipinski definition) is 1. The van der Waals surface area contributed by atoms with Crippen molar-refractivity contribution >= 4 is 16.9 Å². The van der Waals surface area contributed by atoms with E-state index in [1.165, 1.54) is 0 Å². The zero-order chi connectivity index (χ0) is 16.5. The van der Waals surface area contributed by atoms with Crippen molar-refractivity contribution in [3.8, 4) is 0 Å². The SMILES string of the molecule is Cc1nc(NCCc2noc([C@@H]3CCCO3)n2)c2c(C)noc2n1. The first-order chi connectivity index (χ1) is 11.7. The summed E-state index contributed by atoms with van der Waals surface area (Å²) in [6.07, 6.45) is 2.53. The summed E-state index contributed by atoms with van der Waals surface area (Å²) in [5.74, 6) is 2.55. The molecule has 0 spiro atoms. The second-order valence-corrected chi connectivity index (χ2v) is 5.79. The van der Waals surface area contributed by atoms with Crippen molar-refractivity contribution in [2.24, 2.45) is 0 Å². The molecule has 1 aliphatic rings. The number of hydrogen-bond acceptors (Lipinski definition) is 9. The van der Waals surface area contributed by atoms with Gasteiger partial charge in [-0.3, -0.25) is 0 Å². The Bertz CT molecular complexity index is 852. The Labute approximate surface area is 137 Å². The van der Waals surface area contributed by atoms with Crippen LogP contribution in [0.1, 0.15) is 42.2 Å². The maximum atomic E-state index is 5.55. The normalized spacial score (nSPS) is 17.7. The standard InChI is InChI=1S/C15H18N6O3/c1-8-12-13(17-9(2)18-15(12)24-20-8)16-6-5-11-19-14(23-21-11)10-4-3-7-22-10/h10H,3-7H2,1-2H3,(H,16,17,18)/t10-/m0/s1. The monoisotopic (exact) mass is 330 g/mol. The van der Waals surface area contributed by atoms with E-state index in [0.29, 0.717) is 42.0 Å². The molecular formula is C15H18N6O3. The van der Waals surface area contributed by atoms with Gasteiger partial charge in [-0.05, 0) is 26.7 Å². The lowest BCUT2D eigenvalue weighted by Gasteiger charge is -2.05. The van der Waals surface area contributed by atoms with E-state index >= 15 is 0 Å². The van der Waals surface area contributed by atoms with Crippen molar-refractivity contribution in [3.05, 3.63) is 23.2 Å². The van der Waals surface area contributed by atoms with Crippen LogP contribution in [-0.2, 0) is 11.2 Å². The molecule has 4 rings (SSSR count). The molecule has 3 aromatic heterocycles. The van der Waals surface area contributed by atoms with Gasteiger partial charge in [0.25, 0.3) is 11.6 Å². The maximum absolute atomic E-state index is 5.55. The number of anilines is 1. The Hall–Kier alpha value is -2.55. The Kier molecular flexibility index (Phi) is 3.85. The number of rotatable bonds is 5. The summed E-state index contributed by atoms with van der Waals surface area (Å²) in [5.41, 5.74) is 1.25. The Balaban J connectivity index is 1.43. The minimum Gasteiger partial charge on any atom is -0.369 e. The van der Waals surface area contributed by atoms with Crippen molar-refractivity contribution in [1.29, 1.82) is 0 Å². The van der Waals surface area contributed by atoms with Crippen LogP contribution in [0.25, 0.3) is 11.1 Å². The van der Waals surface area contributed by atoms with Crippen molar-refractivity contribution < 1.29 is 13.8 Å². The van der Waals surface area contributed by atoms with Crippen LogP contribution in [0.2, 0.25) is 0 Å². The number of nitrogens with one attached hydrogen (secondary N) is 1. The Morgan fingerprint density at radius 1 is 1.12 bits per heavy atom. The lowest BCUT2D eigenvalue weighted by Crippen LogP contribution is -2.09. The number of nitrogens with zero attached hydrogens (tertiary/aromatic N) is 5.